The third-order valence-electron chi connectivity index (χ3n) is 10.5. The van der Waals surface area contributed by atoms with Crippen LogP contribution in [0.25, 0.3) is 33.7 Å². The fourth-order valence-corrected chi connectivity index (χ4v) is 7.49. The number of ether oxygens (including phenoxy) is 3. The van der Waals surface area contributed by atoms with Crippen LogP contribution in [0.3, 0.4) is 0 Å². The molecule has 0 fully saturated rings. The summed E-state index contributed by atoms with van der Waals surface area (Å²) in [5.74, 6) is -0.242. The van der Waals surface area contributed by atoms with Gasteiger partial charge < -0.3 is 45.4 Å². The molecule has 0 bridgehead atoms. The molecule has 2 aromatic carbocycles. The number of nitrogens with zero attached hydrogens (tertiary/aromatic N) is 8. The van der Waals surface area contributed by atoms with Gasteiger partial charge in [-0.2, -0.15) is 10.2 Å². The lowest BCUT2D eigenvalue weighted by molar-refractivity contribution is 0.0291. The summed E-state index contributed by atoms with van der Waals surface area (Å²) >= 11 is 0. The van der Waals surface area contributed by atoms with Gasteiger partial charge in [-0.15, -0.1) is 0 Å². The number of aromatic nitrogens is 7. The SMILES string of the molecule is CCn1nc(C)cc1C(=O)Nc1nc2cc(C(N)=O)cc(OCCCN(C)C(=O)OC(C)(C)C)c2n1C/C=C/Cn1c(/C=C(\N)c2cc(C)nn2CC)c(N)c2cc(C=O)cc(OC)c21. The van der Waals surface area contributed by atoms with E-state index in [1.54, 1.807) is 74.3 Å². The summed E-state index contributed by atoms with van der Waals surface area (Å²) in [6, 6.07) is 10.0. The molecule has 0 atom stereocenters. The number of nitrogen functional groups attached to an aromatic ring is 1. The molecule has 4 aromatic heterocycles. The first-order valence-electron chi connectivity index (χ1n) is 21.3. The number of benzene rings is 2. The zero-order chi connectivity index (χ0) is 47.3. The van der Waals surface area contributed by atoms with Crippen molar-refractivity contribution in [2.24, 2.45) is 11.5 Å². The first kappa shape index (κ1) is 46.9. The number of rotatable bonds is 18. The predicted molar refractivity (Wildman–Crippen MR) is 250 cm³/mol. The third-order valence-corrected chi connectivity index (χ3v) is 10.5. The van der Waals surface area contributed by atoms with Crippen molar-refractivity contribution in [1.82, 2.24) is 38.6 Å². The smallest absolute Gasteiger partial charge is 0.410 e. The Bertz CT molecular complexity index is 2840. The lowest BCUT2D eigenvalue weighted by Crippen LogP contribution is -2.35. The van der Waals surface area contributed by atoms with E-state index in [0.29, 0.717) is 87.8 Å². The highest BCUT2D eigenvalue weighted by molar-refractivity contribution is 6.05. The van der Waals surface area contributed by atoms with E-state index in [0.717, 1.165) is 17.7 Å². The normalized spacial score (nSPS) is 12.0. The molecule has 344 valence electrons. The molecular weight excluding hydrogens is 833 g/mol. The molecule has 0 aliphatic heterocycles. The molecule has 3 amide bonds. The summed E-state index contributed by atoms with van der Waals surface area (Å²) in [5, 5.41) is 12.5. The van der Waals surface area contributed by atoms with E-state index in [1.807, 2.05) is 48.2 Å². The number of imidazole rings is 1. The molecule has 7 N–H and O–H groups in total. The summed E-state index contributed by atoms with van der Waals surface area (Å²) < 4.78 is 24.7. The second-order valence-corrected chi connectivity index (χ2v) is 16.5. The summed E-state index contributed by atoms with van der Waals surface area (Å²) in [6.07, 6.45) is 6.28. The molecule has 0 spiro atoms. The Kier molecular flexibility index (Phi) is 14.0. The highest BCUT2D eigenvalue weighted by atomic mass is 16.6. The zero-order valence-corrected chi connectivity index (χ0v) is 38.4. The minimum absolute atomic E-state index is 0.149. The van der Waals surface area contributed by atoms with E-state index in [9.17, 15) is 19.2 Å². The maximum Gasteiger partial charge on any atom is 0.410 e. The van der Waals surface area contributed by atoms with Crippen LogP contribution in [-0.4, -0.2) is 95.7 Å². The summed E-state index contributed by atoms with van der Waals surface area (Å²) in [6.45, 7) is 14.9. The number of carbonyl (C=O) groups excluding carboxylic acids is 4. The molecule has 6 aromatic rings. The minimum atomic E-state index is -0.697. The summed E-state index contributed by atoms with van der Waals surface area (Å²) in [7, 11) is 3.17. The van der Waals surface area contributed by atoms with Crippen molar-refractivity contribution in [3.63, 3.8) is 0 Å². The average molecular weight is 891 g/mol. The van der Waals surface area contributed by atoms with Crippen molar-refractivity contribution in [1.29, 1.82) is 0 Å². The molecule has 0 aliphatic carbocycles. The van der Waals surface area contributed by atoms with Crippen LogP contribution < -0.4 is 32.0 Å². The van der Waals surface area contributed by atoms with Crippen molar-refractivity contribution in [2.45, 2.75) is 86.7 Å². The van der Waals surface area contributed by atoms with Crippen molar-refractivity contribution in [3.8, 4) is 11.5 Å². The van der Waals surface area contributed by atoms with Gasteiger partial charge in [0.1, 0.15) is 34.6 Å². The number of hydrogen-bond donors (Lipinski definition) is 4. The zero-order valence-electron chi connectivity index (χ0n) is 38.4. The van der Waals surface area contributed by atoms with Gasteiger partial charge in [0, 0.05) is 56.3 Å². The van der Waals surface area contributed by atoms with Crippen LogP contribution in [0.5, 0.6) is 11.5 Å². The number of nitrogens with one attached hydrogen (secondary N) is 1. The number of carbonyl (C=O) groups is 4. The first-order chi connectivity index (χ1) is 30.9. The average Bonchev–Trinajstić information content (AvgIpc) is 4.01. The van der Waals surface area contributed by atoms with Gasteiger partial charge >= 0.3 is 6.09 Å². The number of aryl methyl sites for hydroxylation is 4. The molecule has 4 heterocycles. The Hall–Kier alpha value is -7.57. The van der Waals surface area contributed by atoms with Gasteiger partial charge in [-0.05, 0) is 97.4 Å². The van der Waals surface area contributed by atoms with Crippen LogP contribution in [-0.2, 0) is 30.9 Å². The predicted octanol–water partition coefficient (Wildman–Crippen LogP) is 6.14. The lowest BCUT2D eigenvalue weighted by atomic mass is 10.1. The van der Waals surface area contributed by atoms with Crippen LogP contribution in [0.1, 0.15) is 95.0 Å². The fourth-order valence-electron chi connectivity index (χ4n) is 7.49. The molecular formula is C46H58N12O7. The molecule has 19 nitrogen and oxygen atoms in total. The van der Waals surface area contributed by atoms with Gasteiger partial charge in [0.15, 0.2) is 0 Å². The number of aldehydes is 1. The van der Waals surface area contributed by atoms with Crippen molar-refractivity contribution < 1.29 is 33.4 Å². The van der Waals surface area contributed by atoms with Gasteiger partial charge in [-0.25, -0.2) is 9.78 Å². The third kappa shape index (κ3) is 10.3. The Morgan fingerprint density at radius 3 is 2.14 bits per heavy atom. The molecule has 0 saturated heterocycles. The van der Waals surface area contributed by atoms with Gasteiger partial charge in [-0.3, -0.25) is 29.1 Å². The Labute approximate surface area is 376 Å². The van der Waals surface area contributed by atoms with Crippen LogP contribution in [0.15, 0.2) is 48.6 Å². The molecule has 0 saturated carbocycles. The number of methoxy groups -OCH3 is 1. The Morgan fingerprint density at radius 2 is 1.52 bits per heavy atom. The molecule has 6 rings (SSSR count). The van der Waals surface area contributed by atoms with Gasteiger partial charge in [0.05, 0.1) is 58.9 Å². The van der Waals surface area contributed by atoms with E-state index in [-0.39, 0.29) is 37.0 Å². The van der Waals surface area contributed by atoms with Gasteiger partial charge in [-0.1, -0.05) is 12.2 Å². The standard InChI is InChI=1S/C46H58N12O7/c1-10-57-34(19-27(3)52-57)32(47)25-35-39(48)31-21-29(26-59)22-37(63-9)40(31)55(35)16-12-13-17-56-41-33(50-44(56)51-43(61)36-20-28(4)53-58(36)11-2)23-30(42(49)60)24-38(41)64-18-14-15-54(8)45(62)65-46(5,6)7/h12-13,19-26H,10-11,14-18,47-48H2,1-9H3,(H2,49,60)(H,50,51,61)/b13-12+,32-25-. The lowest BCUT2D eigenvalue weighted by Gasteiger charge is -2.24. The second kappa shape index (κ2) is 19.4. The number of anilines is 2. The Morgan fingerprint density at radius 1 is 0.877 bits per heavy atom. The maximum atomic E-state index is 13.9. The topological polar surface area (TPSA) is 248 Å². The first-order valence-corrected chi connectivity index (χ1v) is 21.3. The maximum absolute atomic E-state index is 13.9. The van der Waals surface area contributed by atoms with Crippen molar-refractivity contribution in [2.75, 3.05) is 38.4 Å². The highest BCUT2D eigenvalue weighted by Crippen LogP contribution is 2.38. The number of amides is 3. The van der Waals surface area contributed by atoms with Crippen LogP contribution >= 0.6 is 0 Å². The number of hydrogen-bond acceptors (Lipinski definition) is 12. The molecule has 0 unspecified atom stereocenters. The van der Waals surface area contributed by atoms with Crippen molar-refractivity contribution >= 4 is 69.5 Å². The molecule has 0 radical (unpaired) electrons. The van der Waals surface area contributed by atoms with Gasteiger partial charge in [0.25, 0.3) is 5.91 Å². The highest BCUT2D eigenvalue weighted by Gasteiger charge is 2.24. The monoisotopic (exact) mass is 890 g/mol. The summed E-state index contributed by atoms with van der Waals surface area (Å²) in [5.41, 5.74) is 24.7. The number of nitrogens with two attached hydrogens (primary N) is 3. The number of allylic oxidation sites excluding steroid dienone is 2. The van der Waals surface area contributed by atoms with Crippen LogP contribution in [0.2, 0.25) is 0 Å². The van der Waals surface area contributed by atoms with Gasteiger partial charge in [0.2, 0.25) is 11.9 Å². The number of fused-ring (bicyclic) bond motifs is 2. The largest absolute Gasteiger partial charge is 0.495 e. The fraction of sp³-hybridized carbons (Fsp3) is 0.370. The Balaban J connectivity index is 1.41. The van der Waals surface area contributed by atoms with Crippen LogP contribution in [0.4, 0.5) is 16.4 Å². The minimum Gasteiger partial charge on any atom is -0.495 e. The molecule has 65 heavy (non-hydrogen) atoms. The quantitative estimate of drug-likeness (QED) is 0.0432. The van der Waals surface area contributed by atoms with E-state index >= 15 is 0 Å². The molecule has 0 aliphatic rings. The van der Waals surface area contributed by atoms with Crippen LogP contribution in [0, 0.1) is 13.8 Å². The van der Waals surface area contributed by atoms with E-state index < -0.39 is 23.5 Å². The van der Waals surface area contributed by atoms with E-state index in [2.05, 4.69) is 15.5 Å². The summed E-state index contributed by atoms with van der Waals surface area (Å²) in [4.78, 5) is 57.3. The van der Waals surface area contributed by atoms with Crippen molar-refractivity contribution in [3.05, 3.63) is 88.1 Å². The molecule has 19 heteroatoms. The second-order valence-electron chi connectivity index (χ2n) is 16.5. The van der Waals surface area contributed by atoms with E-state index in [1.165, 1.54) is 18.1 Å². The number of primary amides is 1. The van der Waals surface area contributed by atoms with E-state index in [4.69, 9.17) is 36.4 Å².